The van der Waals surface area contributed by atoms with Crippen molar-refractivity contribution in [2.75, 3.05) is 31.6 Å². The summed E-state index contributed by atoms with van der Waals surface area (Å²) in [7, 11) is 0. The van der Waals surface area contributed by atoms with Gasteiger partial charge in [0.1, 0.15) is 6.07 Å². The molecule has 0 spiro atoms. The highest BCUT2D eigenvalue weighted by Gasteiger charge is 2.25. The SMILES string of the molecule is CC(C)Nc1cc(-n2ncc3cc(C#N)cnc32)ncc1-c1nnc(C(=O)N2CCOCC2)o1. The van der Waals surface area contributed by atoms with Gasteiger partial charge in [-0.05, 0) is 19.9 Å². The fraction of sp³-hybridized carbons (Fsp3) is 0.318. The number of hydrogen-bond donors (Lipinski definition) is 1. The topological polar surface area (TPSA) is 148 Å². The summed E-state index contributed by atoms with van der Waals surface area (Å²) in [6.45, 7) is 5.92. The second-order valence-electron chi connectivity index (χ2n) is 8.01. The smallest absolute Gasteiger partial charge is 0.311 e. The van der Waals surface area contributed by atoms with Crippen molar-refractivity contribution in [3.63, 3.8) is 0 Å². The van der Waals surface area contributed by atoms with Crippen molar-refractivity contribution in [3.8, 4) is 23.3 Å². The van der Waals surface area contributed by atoms with Crippen LogP contribution in [0.3, 0.4) is 0 Å². The molecule has 4 aromatic rings. The zero-order chi connectivity index (χ0) is 23.7. The summed E-state index contributed by atoms with van der Waals surface area (Å²) in [5, 5.41) is 25.6. The average molecular weight is 459 g/mol. The number of amides is 1. The number of aromatic nitrogens is 6. The number of rotatable bonds is 5. The molecule has 0 saturated carbocycles. The molecule has 12 nitrogen and oxygen atoms in total. The molecule has 5 rings (SSSR count). The highest BCUT2D eigenvalue weighted by atomic mass is 16.5. The second-order valence-corrected chi connectivity index (χ2v) is 8.01. The van der Waals surface area contributed by atoms with Crippen LogP contribution in [-0.2, 0) is 4.74 Å². The molecule has 0 radical (unpaired) electrons. The van der Waals surface area contributed by atoms with Crippen molar-refractivity contribution in [3.05, 3.63) is 42.2 Å². The summed E-state index contributed by atoms with van der Waals surface area (Å²) < 4.78 is 12.6. The summed E-state index contributed by atoms with van der Waals surface area (Å²) in [5.74, 6) is 0.298. The van der Waals surface area contributed by atoms with Gasteiger partial charge in [0.15, 0.2) is 11.5 Å². The lowest BCUT2D eigenvalue weighted by Crippen LogP contribution is -2.40. The summed E-state index contributed by atoms with van der Waals surface area (Å²) >= 11 is 0. The van der Waals surface area contributed by atoms with E-state index in [1.54, 1.807) is 34.1 Å². The Hall–Kier alpha value is -4.37. The van der Waals surface area contributed by atoms with E-state index in [9.17, 15) is 4.79 Å². The molecule has 0 aliphatic carbocycles. The van der Waals surface area contributed by atoms with Gasteiger partial charge in [-0.3, -0.25) is 4.79 Å². The molecular formula is C22H21N9O3. The number of ether oxygens (including phenoxy) is 1. The number of pyridine rings is 2. The molecule has 1 aliphatic heterocycles. The first-order valence-corrected chi connectivity index (χ1v) is 10.7. The Kier molecular flexibility index (Phi) is 5.60. The van der Waals surface area contributed by atoms with E-state index in [0.29, 0.717) is 54.6 Å². The van der Waals surface area contributed by atoms with Crippen LogP contribution in [0.15, 0.2) is 35.1 Å². The zero-order valence-electron chi connectivity index (χ0n) is 18.6. The van der Waals surface area contributed by atoms with E-state index in [2.05, 4.69) is 36.7 Å². The fourth-order valence-electron chi connectivity index (χ4n) is 3.63. The molecule has 5 heterocycles. The van der Waals surface area contributed by atoms with Crippen LogP contribution in [0.5, 0.6) is 0 Å². The lowest BCUT2D eigenvalue weighted by atomic mass is 10.2. The summed E-state index contributed by atoms with van der Waals surface area (Å²) in [5.41, 5.74) is 2.27. The molecule has 12 heteroatoms. The monoisotopic (exact) mass is 459 g/mol. The molecule has 1 saturated heterocycles. The summed E-state index contributed by atoms with van der Waals surface area (Å²) in [4.78, 5) is 23.2. The molecule has 0 aromatic carbocycles. The van der Waals surface area contributed by atoms with Gasteiger partial charge in [-0.2, -0.15) is 15.0 Å². The highest BCUT2D eigenvalue weighted by Crippen LogP contribution is 2.29. The Balaban J connectivity index is 1.50. The van der Waals surface area contributed by atoms with Gasteiger partial charge in [0.25, 0.3) is 5.89 Å². The number of morpholine rings is 1. The largest absolute Gasteiger partial charge is 0.412 e. The third kappa shape index (κ3) is 4.04. The third-order valence-corrected chi connectivity index (χ3v) is 5.22. The number of nitrogens with one attached hydrogen (secondary N) is 1. The van der Waals surface area contributed by atoms with E-state index < -0.39 is 0 Å². The Morgan fingerprint density at radius 2 is 1.97 bits per heavy atom. The summed E-state index contributed by atoms with van der Waals surface area (Å²) in [6.07, 6.45) is 4.72. The van der Waals surface area contributed by atoms with Crippen LogP contribution < -0.4 is 5.32 Å². The molecule has 34 heavy (non-hydrogen) atoms. The van der Waals surface area contributed by atoms with E-state index in [4.69, 9.17) is 14.4 Å². The third-order valence-electron chi connectivity index (χ3n) is 5.22. The molecule has 0 bridgehead atoms. The van der Waals surface area contributed by atoms with Gasteiger partial charge < -0.3 is 19.4 Å². The van der Waals surface area contributed by atoms with E-state index in [-0.39, 0.29) is 23.7 Å². The van der Waals surface area contributed by atoms with Gasteiger partial charge in [-0.15, -0.1) is 10.2 Å². The van der Waals surface area contributed by atoms with Crippen LogP contribution in [0.2, 0.25) is 0 Å². The van der Waals surface area contributed by atoms with Crippen molar-refractivity contribution in [2.45, 2.75) is 19.9 Å². The Bertz CT molecular complexity index is 1400. The quantitative estimate of drug-likeness (QED) is 0.470. The van der Waals surface area contributed by atoms with E-state index in [1.807, 2.05) is 13.8 Å². The van der Waals surface area contributed by atoms with E-state index >= 15 is 0 Å². The van der Waals surface area contributed by atoms with Gasteiger partial charge in [0, 0.05) is 43.0 Å². The predicted molar refractivity (Wildman–Crippen MR) is 120 cm³/mol. The van der Waals surface area contributed by atoms with Crippen LogP contribution in [0.1, 0.15) is 30.1 Å². The minimum Gasteiger partial charge on any atom is -0.412 e. The molecule has 0 atom stereocenters. The highest BCUT2D eigenvalue weighted by molar-refractivity contribution is 5.90. The van der Waals surface area contributed by atoms with Crippen LogP contribution in [0.4, 0.5) is 5.69 Å². The first kappa shape index (κ1) is 21.5. The predicted octanol–water partition coefficient (Wildman–Crippen LogP) is 2.03. The van der Waals surface area contributed by atoms with Gasteiger partial charge in [0.05, 0.1) is 36.2 Å². The summed E-state index contributed by atoms with van der Waals surface area (Å²) in [6, 6.07) is 5.69. The minimum absolute atomic E-state index is 0.0768. The number of nitriles is 1. The Morgan fingerprint density at radius 1 is 1.15 bits per heavy atom. The molecule has 1 aliphatic rings. The number of carbonyl (C=O) groups is 1. The van der Waals surface area contributed by atoms with Crippen molar-refractivity contribution < 1.29 is 13.9 Å². The molecule has 1 amide bonds. The maximum absolute atomic E-state index is 12.7. The van der Waals surface area contributed by atoms with Crippen molar-refractivity contribution in [1.29, 1.82) is 5.26 Å². The molecule has 1 fully saturated rings. The molecule has 0 unspecified atom stereocenters. The number of nitrogens with zero attached hydrogens (tertiary/aromatic N) is 8. The molecule has 172 valence electrons. The normalized spacial score (nSPS) is 13.9. The van der Waals surface area contributed by atoms with Crippen LogP contribution in [-0.4, -0.2) is 73.1 Å². The van der Waals surface area contributed by atoms with Crippen LogP contribution in [0.25, 0.3) is 28.3 Å². The number of fused-ring (bicyclic) bond motifs is 1. The van der Waals surface area contributed by atoms with Crippen molar-refractivity contribution in [1.82, 2.24) is 34.8 Å². The molecular weight excluding hydrogens is 438 g/mol. The maximum atomic E-state index is 12.7. The average Bonchev–Trinajstić information content (AvgIpc) is 3.51. The van der Waals surface area contributed by atoms with Gasteiger partial charge in [-0.1, -0.05) is 0 Å². The minimum atomic E-state index is -0.323. The second kappa shape index (κ2) is 8.87. The zero-order valence-corrected chi connectivity index (χ0v) is 18.6. The van der Waals surface area contributed by atoms with Gasteiger partial charge in [0.2, 0.25) is 0 Å². The van der Waals surface area contributed by atoms with Gasteiger partial charge >= 0.3 is 11.8 Å². The molecule has 1 N–H and O–H groups in total. The lowest BCUT2D eigenvalue weighted by molar-refractivity contribution is 0.0278. The van der Waals surface area contributed by atoms with Crippen molar-refractivity contribution in [2.24, 2.45) is 0 Å². The van der Waals surface area contributed by atoms with Crippen molar-refractivity contribution >= 4 is 22.6 Å². The van der Waals surface area contributed by atoms with E-state index in [1.165, 1.54) is 6.20 Å². The number of anilines is 1. The first-order chi connectivity index (χ1) is 16.5. The fourth-order valence-corrected chi connectivity index (χ4v) is 3.63. The van der Waals surface area contributed by atoms with Crippen LogP contribution in [0, 0.1) is 11.3 Å². The standard InChI is InChI=1S/C22H21N9O3/c1-13(2)27-17-8-18(31-19-15(11-26-31)7-14(9-23)10-25-19)24-12-16(17)20-28-29-21(34-20)22(32)30-3-5-33-6-4-30/h7-8,10-13H,3-6H2,1-2H3,(H,24,27). The van der Waals surface area contributed by atoms with Crippen LogP contribution >= 0.6 is 0 Å². The van der Waals surface area contributed by atoms with E-state index in [0.717, 1.165) is 5.39 Å². The Morgan fingerprint density at radius 3 is 2.74 bits per heavy atom. The van der Waals surface area contributed by atoms with Gasteiger partial charge in [-0.25, -0.2) is 9.97 Å². The Labute approximate surface area is 194 Å². The first-order valence-electron chi connectivity index (χ1n) is 10.7. The lowest BCUT2D eigenvalue weighted by Gasteiger charge is -2.25. The molecule has 4 aromatic heterocycles. The number of hydrogen-bond acceptors (Lipinski definition) is 10. The number of carbonyl (C=O) groups excluding carboxylic acids is 1. The maximum Gasteiger partial charge on any atom is 0.311 e.